The van der Waals surface area contributed by atoms with E-state index in [2.05, 4.69) is 21.2 Å². The Morgan fingerprint density at radius 3 is 2.56 bits per heavy atom. The first-order valence-electron chi connectivity index (χ1n) is 7.07. The molecule has 0 unspecified atom stereocenters. The lowest BCUT2D eigenvalue weighted by atomic mass is 10.3. The first kappa shape index (κ1) is 19.6. The predicted molar refractivity (Wildman–Crippen MR) is 103 cm³/mol. The van der Waals surface area contributed by atoms with Gasteiger partial charge in [-0.1, -0.05) is 33.6 Å². The summed E-state index contributed by atoms with van der Waals surface area (Å²) in [5, 5.41) is 2.96. The molecule has 9 heteroatoms. The lowest BCUT2D eigenvalue weighted by Crippen LogP contribution is -2.37. The van der Waals surface area contributed by atoms with Crippen molar-refractivity contribution in [2.45, 2.75) is 0 Å². The maximum absolute atomic E-state index is 12.3. The van der Waals surface area contributed by atoms with Crippen LogP contribution in [0.3, 0.4) is 0 Å². The predicted octanol–water partition coefficient (Wildman–Crippen LogP) is 3.52. The highest BCUT2D eigenvalue weighted by Gasteiger charge is 2.21. The van der Waals surface area contributed by atoms with Crippen LogP contribution in [-0.2, 0) is 14.8 Å². The van der Waals surface area contributed by atoms with Crippen LogP contribution in [0.2, 0.25) is 5.02 Å². The first-order valence-corrected chi connectivity index (χ1v) is 10.1. The van der Waals surface area contributed by atoms with E-state index in [0.29, 0.717) is 26.6 Å². The maximum Gasteiger partial charge on any atom is 0.245 e. The van der Waals surface area contributed by atoms with Crippen molar-refractivity contribution in [2.75, 3.05) is 29.5 Å². The Morgan fingerprint density at radius 2 is 2.00 bits per heavy atom. The van der Waals surface area contributed by atoms with Gasteiger partial charge in [-0.2, -0.15) is 0 Å². The second-order valence-corrected chi connectivity index (χ2v) is 8.38. The Bertz CT molecular complexity index is 889. The Kier molecular flexibility index (Phi) is 6.31. The van der Waals surface area contributed by atoms with Crippen LogP contribution >= 0.6 is 27.5 Å². The summed E-state index contributed by atoms with van der Waals surface area (Å²) >= 11 is 9.31. The fourth-order valence-electron chi connectivity index (χ4n) is 2.11. The van der Waals surface area contributed by atoms with Crippen LogP contribution in [0.5, 0.6) is 5.75 Å². The van der Waals surface area contributed by atoms with Crippen LogP contribution in [0.15, 0.2) is 46.9 Å². The molecule has 2 aromatic carbocycles. The summed E-state index contributed by atoms with van der Waals surface area (Å²) in [5.41, 5.74) is 0.832. The number of amides is 1. The van der Waals surface area contributed by atoms with E-state index in [1.165, 1.54) is 13.2 Å². The zero-order valence-corrected chi connectivity index (χ0v) is 16.7. The van der Waals surface area contributed by atoms with Crippen molar-refractivity contribution in [2.24, 2.45) is 0 Å². The highest BCUT2D eigenvalue weighted by Crippen LogP contribution is 2.27. The molecule has 0 radical (unpaired) electrons. The molecule has 25 heavy (non-hydrogen) atoms. The van der Waals surface area contributed by atoms with Gasteiger partial charge in [-0.25, -0.2) is 8.42 Å². The van der Waals surface area contributed by atoms with Crippen LogP contribution in [-0.4, -0.2) is 34.2 Å². The minimum Gasteiger partial charge on any atom is -0.495 e. The number of nitrogens with one attached hydrogen (secondary N) is 1. The number of carbonyl (C=O) groups is 1. The van der Waals surface area contributed by atoms with Crippen LogP contribution in [0.25, 0.3) is 0 Å². The minimum atomic E-state index is -3.64. The van der Waals surface area contributed by atoms with Gasteiger partial charge in [-0.05, 0) is 36.4 Å². The summed E-state index contributed by atoms with van der Waals surface area (Å²) in [6.45, 7) is -0.362. The zero-order chi connectivity index (χ0) is 18.6. The van der Waals surface area contributed by atoms with E-state index in [9.17, 15) is 13.2 Å². The SMILES string of the molecule is COc1ccc(NC(=O)CN(c2cccc(Br)c2)S(C)(=O)=O)cc1Cl. The fourth-order valence-corrected chi connectivity index (χ4v) is 3.60. The van der Waals surface area contributed by atoms with Crippen molar-refractivity contribution < 1.29 is 17.9 Å². The molecule has 0 aliphatic heterocycles. The van der Waals surface area contributed by atoms with Crippen molar-refractivity contribution in [3.63, 3.8) is 0 Å². The average Bonchev–Trinajstić information content (AvgIpc) is 2.51. The van der Waals surface area contributed by atoms with Gasteiger partial charge in [0.15, 0.2) is 0 Å². The largest absolute Gasteiger partial charge is 0.495 e. The summed E-state index contributed by atoms with van der Waals surface area (Å²) in [7, 11) is -2.15. The van der Waals surface area contributed by atoms with Crippen molar-refractivity contribution in [1.82, 2.24) is 0 Å². The number of methoxy groups -OCH3 is 1. The monoisotopic (exact) mass is 446 g/mol. The fraction of sp³-hybridized carbons (Fsp3) is 0.188. The van der Waals surface area contributed by atoms with Gasteiger partial charge in [-0.15, -0.1) is 0 Å². The van der Waals surface area contributed by atoms with E-state index >= 15 is 0 Å². The molecular formula is C16H16BrClN2O4S. The molecule has 1 amide bonds. The Hall–Kier alpha value is -1.77. The second-order valence-electron chi connectivity index (χ2n) is 5.15. The number of halogens is 2. The molecule has 0 fully saturated rings. The number of rotatable bonds is 6. The molecule has 0 aromatic heterocycles. The van der Waals surface area contributed by atoms with E-state index in [0.717, 1.165) is 10.6 Å². The van der Waals surface area contributed by atoms with Crippen molar-refractivity contribution in [3.05, 3.63) is 52.0 Å². The third-order valence-corrected chi connectivity index (χ3v) is 5.15. The molecule has 1 N–H and O–H groups in total. The lowest BCUT2D eigenvalue weighted by Gasteiger charge is -2.22. The topological polar surface area (TPSA) is 75.7 Å². The Morgan fingerprint density at radius 1 is 1.28 bits per heavy atom. The number of nitrogens with zero attached hydrogens (tertiary/aromatic N) is 1. The smallest absolute Gasteiger partial charge is 0.245 e. The van der Waals surface area contributed by atoms with Crippen LogP contribution < -0.4 is 14.4 Å². The molecule has 0 saturated heterocycles. The molecule has 2 rings (SSSR count). The quantitative estimate of drug-likeness (QED) is 0.735. The van der Waals surface area contributed by atoms with Gasteiger partial charge in [-0.3, -0.25) is 9.10 Å². The van der Waals surface area contributed by atoms with Gasteiger partial charge in [0, 0.05) is 10.2 Å². The number of hydrogen-bond acceptors (Lipinski definition) is 4. The molecule has 2 aromatic rings. The minimum absolute atomic E-state index is 0.340. The highest BCUT2D eigenvalue weighted by atomic mass is 79.9. The molecule has 134 valence electrons. The molecule has 0 spiro atoms. The molecule has 0 atom stereocenters. The summed E-state index contributed by atoms with van der Waals surface area (Å²) in [4.78, 5) is 12.3. The van der Waals surface area contributed by atoms with Gasteiger partial charge in [0.2, 0.25) is 15.9 Å². The third-order valence-electron chi connectivity index (χ3n) is 3.22. The van der Waals surface area contributed by atoms with E-state index in [1.54, 1.807) is 36.4 Å². The van der Waals surface area contributed by atoms with Crippen LogP contribution in [0.1, 0.15) is 0 Å². The summed E-state index contributed by atoms with van der Waals surface area (Å²) in [6, 6.07) is 11.5. The Balaban J connectivity index is 2.19. The number of hydrogen-bond donors (Lipinski definition) is 1. The summed E-state index contributed by atoms with van der Waals surface area (Å²) in [5.74, 6) is -0.0156. The van der Waals surface area contributed by atoms with Crippen LogP contribution in [0, 0.1) is 0 Å². The van der Waals surface area contributed by atoms with Gasteiger partial charge < -0.3 is 10.1 Å². The summed E-state index contributed by atoms with van der Waals surface area (Å²) in [6.07, 6.45) is 1.05. The van der Waals surface area contributed by atoms with Gasteiger partial charge >= 0.3 is 0 Å². The second kappa shape index (κ2) is 8.07. The highest BCUT2D eigenvalue weighted by molar-refractivity contribution is 9.10. The molecule has 0 aliphatic carbocycles. The van der Waals surface area contributed by atoms with E-state index in [4.69, 9.17) is 16.3 Å². The first-order chi connectivity index (χ1) is 11.7. The molecule has 0 saturated carbocycles. The zero-order valence-electron chi connectivity index (χ0n) is 13.5. The standard InChI is InChI=1S/C16H16BrClN2O4S/c1-24-15-7-6-12(9-14(15)18)19-16(21)10-20(25(2,22)23)13-5-3-4-11(17)8-13/h3-9H,10H2,1-2H3,(H,19,21). The van der Waals surface area contributed by atoms with E-state index in [1.807, 2.05) is 0 Å². The number of carbonyl (C=O) groups excluding carboxylic acids is 1. The van der Waals surface area contributed by atoms with E-state index in [-0.39, 0.29) is 6.54 Å². The third kappa shape index (κ3) is 5.35. The molecule has 0 aliphatic rings. The summed E-state index contributed by atoms with van der Waals surface area (Å²) < 4.78 is 30.9. The lowest BCUT2D eigenvalue weighted by molar-refractivity contribution is -0.114. The van der Waals surface area contributed by atoms with Crippen molar-refractivity contribution >= 4 is 54.8 Å². The number of benzene rings is 2. The number of anilines is 2. The molecule has 0 bridgehead atoms. The van der Waals surface area contributed by atoms with Crippen molar-refractivity contribution in [1.29, 1.82) is 0 Å². The van der Waals surface area contributed by atoms with Crippen molar-refractivity contribution in [3.8, 4) is 5.75 Å². The molecular weight excluding hydrogens is 432 g/mol. The Labute approximate surface area is 159 Å². The van der Waals surface area contributed by atoms with Gasteiger partial charge in [0.1, 0.15) is 12.3 Å². The normalized spacial score (nSPS) is 11.0. The van der Waals surface area contributed by atoms with Gasteiger partial charge in [0.25, 0.3) is 0 Å². The van der Waals surface area contributed by atoms with Gasteiger partial charge in [0.05, 0.1) is 24.1 Å². The molecule has 0 heterocycles. The number of ether oxygens (including phenoxy) is 1. The number of sulfonamides is 1. The maximum atomic E-state index is 12.3. The average molecular weight is 448 g/mol. The van der Waals surface area contributed by atoms with E-state index < -0.39 is 15.9 Å². The molecule has 6 nitrogen and oxygen atoms in total. The van der Waals surface area contributed by atoms with Crippen LogP contribution in [0.4, 0.5) is 11.4 Å².